The summed E-state index contributed by atoms with van der Waals surface area (Å²) < 4.78 is 22.7. The molecule has 1 rings (SSSR count). The Bertz CT molecular complexity index is 535. The Morgan fingerprint density at radius 1 is 1.28 bits per heavy atom. The predicted molar refractivity (Wildman–Crippen MR) is 74.0 cm³/mol. The van der Waals surface area contributed by atoms with Crippen LogP contribution in [0, 0.1) is 11.8 Å². The summed E-state index contributed by atoms with van der Waals surface area (Å²) in [6.45, 7) is 4.71. The lowest BCUT2D eigenvalue weighted by Gasteiger charge is -2.15. The van der Waals surface area contributed by atoms with Gasteiger partial charge < -0.3 is 5.32 Å². The van der Waals surface area contributed by atoms with E-state index in [1.807, 2.05) is 26.0 Å². The molecule has 0 radical (unpaired) electrons. The first-order valence-corrected chi connectivity index (χ1v) is 7.81. The molecule has 0 spiro atoms. The first-order valence-electron chi connectivity index (χ1n) is 5.92. The monoisotopic (exact) mass is 265 g/mol. The molecule has 0 aromatic heterocycles. The van der Waals surface area contributed by atoms with Gasteiger partial charge in [-0.1, -0.05) is 19.1 Å². The number of hydrogen-bond donors (Lipinski definition) is 1. The van der Waals surface area contributed by atoms with Crippen LogP contribution in [-0.2, 0) is 9.84 Å². The summed E-state index contributed by atoms with van der Waals surface area (Å²) in [5.74, 6) is 5.92. The second-order valence-electron chi connectivity index (χ2n) is 4.08. The van der Waals surface area contributed by atoms with Crippen LogP contribution >= 0.6 is 0 Å². The molecule has 0 fully saturated rings. The molecule has 0 aliphatic heterocycles. The van der Waals surface area contributed by atoms with Gasteiger partial charge >= 0.3 is 0 Å². The molecular formula is C14H19NO2S. The highest BCUT2D eigenvalue weighted by molar-refractivity contribution is 7.90. The van der Waals surface area contributed by atoms with Crippen LogP contribution in [0.1, 0.15) is 31.9 Å². The second kappa shape index (κ2) is 6.58. The van der Waals surface area contributed by atoms with Crippen molar-refractivity contribution in [2.75, 3.05) is 12.8 Å². The molecule has 0 heterocycles. The molecule has 1 N–H and O–H groups in total. The van der Waals surface area contributed by atoms with Gasteiger partial charge in [0.15, 0.2) is 9.84 Å². The van der Waals surface area contributed by atoms with Crippen LogP contribution < -0.4 is 5.32 Å². The highest BCUT2D eigenvalue weighted by atomic mass is 32.2. The number of sulfone groups is 1. The average molecular weight is 265 g/mol. The molecule has 18 heavy (non-hydrogen) atoms. The molecule has 0 amide bonds. The molecule has 4 heteroatoms. The Balaban J connectivity index is 2.95. The van der Waals surface area contributed by atoms with Crippen LogP contribution in [-0.4, -0.2) is 21.2 Å². The maximum absolute atomic E-state index is 11.4. The SMILES string of the molecule is CC#CCC(NCC)c1ccc(S(C)(=O)=O)cc1. The lowest BCUT2D eigenvalue weighted by Crippen LogP contribution is -2.20. The summed E-state index contributed by atoms with van der Waals surface area (Å²) in [5.41, 5.74) is 1.06. The Kier molecular flexibility index (Phi) is 5.39. The highest BCUT2D eigenvalue weighted by Crippen LogP contribution is 2.18. The van der Waals surface area contributed by atoms with Gasteiger partial charge in [0.05, 0.1) is 4.90 Å². The summed E-state index contributed by atoms with van der Waals surface area (Å²) in [5, 5.41) is 3.34. The minimum Gasteiger partial charge on any atom is -0.309 e. The quantitative estimate of drug-likeness (QED) is 0.830. The summed E-state index contributed by atoms with van der Waals surface area (Å²) in [6.07, 6.45) is 1.94. The zero-order valence-electron chi connectivity index (χ0n) is 11.0. The van der Waals surface area contributed by atoms with Gasteiger partial charge in [-0.05, 0) is 31.2 Å². The van der Waals surface area contributed by atoms with E-state index in [0.29, 0.717) is 4.90 Å². The van der Waals surface area contributed by atoms with Crippen LogP contribution in [0.15, 0.2) is 29.2 Å². The molecular weight excluding hydrogens is 246 g/mol. The van der Waals surface area contributed by atoms with E-state index in [0.717, 1.165) is 18.5 Å². The number of hydrogen-bond acceptors (Lipinski definition) is 3. The third kappa shape index (κ3) is 4.17. The maximum atomic E-state index is 11.4. The smallest absolute Gasteiger partial charge is 0.175 e. The van der Waals surface area contributed by atoms with Crippen molar-refractivity contribution < 1.29 is 8.42 Å². The lowest BCUT2D eigenvalue weighted by atomic mass is 10.0. The van der Waals surface area contributed by atoms with Crippen molar-refractivity contribution in [3.63, 3.8) is 0 Å². The molecule has 0 bridgehead atoms. The van der Waals surface area contributed by atoms with Gasteiger partial charge in [-0.25, -0.2) is 8.42 Å². The first kappa shape index (κ1) is 14.7. The Hall–Kier alpha value is -1.31. The van der Waals surface area contributed by atoms with Gasteiger partial charge in [0.1, 0.15) is 0 Å². The van der Waals surface area contributed by atoms with E-state index >= 15 is 0 Å². The standard InChI is InChI=1S/C14H19NO2S/c1-4-6-7-14(15-5-2)12-8-10-13(11-9-12)18(3,16)17/h8-11,14-15H,5,7H2,1-3H3. The second-order valence-corrected chi connectivity index (χ2v) is 6.10. The molecule has 1 aromatic rings. The number of rotatable bonds is 5. The zero-order chi connectivity index (χ0) is 13.6. The van der Waals surface area contributed by atoms with Crippen molar-refractivity contribution in [2.24, 2.45) is 0 Å². The molecule has 0 aliphatic carbocycles. The van der Waals surface area contributed by atoms with Crippen molar-refractivity contribution >= 4 is 9.84 Å². The summed E-state index contributed by atoms with van der Waals surface area (Å²) >= 11 is 0. The largest absolute Gasteiger partial charge is 0.309 e. The minimum absolute atomic E-state index is 0.149. The van der Waals surface area contributed by atoms with Crippen molar-refractivity contribution in [3.05, 3.63) is 29.8 Å². The van der Waals surface area contributed by atoms with E-state index in [1.54, 1.807) is 12.1 Å². The van der Waals surface area contributed by atoms with Crippen LogP contribution in [0.25, 0.3) is 0 Å². The van der Waals surface area contributed by atoms with Gasteiger partial charge in [0, 0.05) is 18.7 Å². The third-order valence-electron chi connectivity index (χ3n) is 2.64. The van der Waals surface area contributed by atoms with Crippen molar-refractivity contribution in [1.29, 1.82) is 0 Å². The van der Waals surface area contributed by atoms with Crippen molar-refractivity contribution in [1.82, 2.24) is 5.32 Å². The Morgan fingerprint density at radius 2 is 1.89 bits per heavy atom. The van der Waals surface area contributed by atoms with Crippen LogP contribution in [0.3, 0.4) is 0 Å². The normalized spacial score (nSPS) is 12.6. The van der Waals surface area contributed by atoms with E-state index in [1.165, 1.54) is 6.26 Å². The maximum Gasteiger partial charge on any atom is 0.175 e. The van der Waals surface area contributed by atoms with Crippen LogP contribution in [0.2, 0.25) is 0 Å². The number of nitrogens with one attached hydrogen (secondary N) is 1. The van der Waals surface area contributed by atoms with E-state index < -0.39 is 9.84 Å². The van der Waals surface area contributed by atoms with Gasteiger partial charge in [-0.3, -0.25) is 0 Å². The van der Waals surface area contributed by atoms with Crippen molar-refractivity contribution in [2.45, 2.75) is 31.2 Å². The fourth-order valence-electron chi connectivity index (χ4n) is 1.71. The molecule has 1 unspecified atom stereocenters. The fraction of sp³-hybridized carbons (Fsp3) is 0.429. The van der Waals surface area contributed by atoms with E-state index in [4.69, 9.17) is 0 Å². The van der Waals surface area contributed by atoms with Gasteiger partial charge in [-0.15, -0.1) is 11.8 Å². The topological polar surface area (TPSA) is 46.2 Å². The molecule has 0 saturated carbocycles. The molecule has 0 saturated heterocycles. The molecule has 1 aromatic carbocycles. The van der Waals surface area contributed by atoms with E-state index in [-0.39, 0.29) is 6.04 Å². The summed E-state index contributed by atoms with van der Waals surface area (Å²) in [6, 6.07) is 7.14. The first-order chi connectivity index (χ1) is 8.49. The van der Waals surface area contributed by atoms with Gasteiger partial charge in [0.25, 0.3) is 0 Å². The third-order valence-corrected chi connectivity index (χ3v) is 3.77. The lowest BCUT2D eigenvalue weighted by molar-refractivity contribution is 0.564. The highest BCUT2D eigenvalue weighted by Gasteiger charge is 2.11. The van der Waals surface area contributed by atoms with Gasteiger partial charge in [-0.2, -0.15) is 0 Å². The van der Waals surface area contributed by atoms with E-state index in [9.17, 15) is 8.42 Å². The molecule has 98 valence electrons. The average Bonchev–Trinajstić information content (AvgIpc) is 2.33. The zero-order valence-corrected chi connectivity index (χ0v) is 11.8. The summed E-state index contributed by atoms with van der Waals surface area (Å²) in [4.78, 5) is 0.350. The minimum atomic E-state index is -3.12. The van der Waals surface area contributed by atoms with Crippen LogP contribution in [0.5, 0.6) is 0 Å². The van der Waals surface area contributed by atoms with E-state index in [2.05, 4.69) is 17.2 Å². The summed E-state index contributed by atoms with van der Waals surface area (Å²) in [7, 11) is -3.12. The Labute approximate surface area is 110 Å². The van der Waals surface area contributed by atoms with Crippen molar-refractivity contribution in [3.8, 4) is 11.8 Å². The molecule has 0 aliphatic rings. The predicted octanol–water partition coefficient (Wildman–Crippen LogP) is 2.15. The van der Waals surface area contributed by atoms with Gasteiger partial charge in [0.2, 0.25) is 0 Å². The molecule has 3 nitrogen and oxygen atoms in total. The number of benzene rings is 1. The Morgan fingerprint density at radius 3 is 2.33 bits per heavy atom. The van der Waals surface area contributed by atoms with Crippen LogP contribution in [0.4, 0.5) is 0 Å². The fourth-order valence-corrected chi connectivity index (χ4v) is 2.34. The molecule has 1 atom stereocenters.